The average Bonchev–Trinajstić information content (AvgIpc) is 2.56. The molecule has 2 rings (SSSR count). The number of hydrogen-bond acceptors (Lipinski definition) is 4. The lowest BCUT2D eigenvalue weighted by Crippen LogP contribution is -2.23. The van der Waals surface area contributed by atoms with Gasteiger partial charge in [-0.15, -0.1) is 0 Å². The van der Waals surface area contributed by atoms with Gasteiger partial charge in [0.15, 0.2) is 5.11 Å². The van der Waals surface area contributed by atoms with Crippen molar-refractivity contribution in [2.24, 2.45) is 5.10 Å². The Morgan fingerprint density at radius 2 is 1.87 bits per heavy atom. The Morgan fingerprint density at radius 1 is 1.17 bits per heavy atom. The Labute approximate surface area is 140 Å². The van der Waals surface area contributed by atoms with E-state index in [1.165, 1.54) is 7.11 Å². The quantitative estimate of drug-likeness (QED) is 0.391. The van der Waals surface area contributed by atoms with Gasteiger partial charge in [-0.3, -0.25) is 5.43 Å². The van der Waals surface area contributed by atoms with Crippen LogP contribution in [0.2, 0.25) is 0 Å². The van der Waals surface area contributed by atoms with Crippen LogP contribution in [-0.2, 0) is 4.74 Å². The third kappa shape index (κ3) is 4.89. The first-order valence-corrected chi connectivity index (χ1v) is 7.35. The van der Waals surface area contributed by atoms with Crippen molar-refractivity contribution >= 4 is 35.2 Å². The molecule has 0 unspecified atom stereocenters. The fraction of sp³-hybridized carbons (Fsp3) is 0.118. The Hall–Kier alpha value is -2.73. The largest absolute Gasteiger partial charge is 0.465 e. The van der Waals surface area contributed by atoms with Crippen LogP contribution in [0, 0.1) is 6.92 Å². The van der Waals surface area contributed by atoms with E-state index in [0.717, 1.165) is 16.8 Å². The highest BCUT2D eigenvalue weighted by molar-refractivity contribution is 7.80. The average molecular weight is 327 g/mol. The van der Waals surface area contributed by atoms with Gasteiger partial charge in [0.25, 0.3) is 0 Å². The molecule has 6 heteroatoms. The third-order valence-electron chi connectivity index (χ3n) is 3.12. The van der Waals surface area contributed by atoms with E-state index in [4.69, 9.17) is 12.2 Å². The number of nitrogens with one attached hydrogen (secondary N) is 2. The number of methoxy groups -OCH3 is 1. The molecule has 0 aliphatic rings. The van der Waals surface area contributed by atoms with Crippen LogP contribution in [0.5, 0.6) is 0 Å². The molecule has 5 nitrogen and oxygen atoms in total. The summed E-state index contributed by atoms with van der Waals surface area (Å²) in [6, 6.07) is 14.7. The van der Waals surface area contributed by atoms with Gasteiger partial charge in [0.2, 0.25) is 0 Å². The van der Waals surface area contributed by atoms with E-state index < -0.39 is 0 Å². The van der Waals surface area contributed by atoms with Crippen LogP contribution >= 0.6 is 12.2 Å². The number of ether oxygens (including phenoxy) is 1. The summed E-state index contributed by atoms with van der Waals surface area (Å²) in [6.07, 6.45) is 1.71. The second-order valence-electron chi connectivity index (χ2n) is 4.75. The lowest BCUT2D eigenvalue weighted by molar-refractivity contribution is 0.0601. The topological polar surface area (TPSA) is 62.7 Å². The molecule has 0 atom stereocenters. The highest BCUT2D eigenvalue weighted by Gasteiger charge is 2.04. The Morgan fingerprint density at radius 3 is 2.52 bits per heavy atom. The van der Waals surface area contributed by atoms with Gasteiger partial charge in [0, 0.05) is 5.69 Å². The number of benzene rings is 2. The zero-order chi connectivity index (χ0) is 16.7. The fourth-order valence-corrected chi connectivity index (χ4v) is 2.03. The van der Waals surface area contributed by atoms with Crippen LogP contribution in [0.25, 0.3) is 0 Å². The lowest BCUT2D eigenvalue weighted by Gasteiger charge is -2.07. The smallest absolute Gasteiger partial charge is 0.337 e. The number of aryl methyl sites for hydroxylation is 1. The van der Waals surface area contributed by atoms with Crippen LogP contribution in [0.1, 0.15) is 21.5 Å². The van der Waals surface area contributed by atoms with Crippen molar-refractivity contribution in [3.8, 4) is 0 Å². The molecule has 23 heavy (non-hydrogen) atoms. The first-order valence-electron chi connectivity index (χ1n) is 6.94. The minimum absolute atomic E-state index is 0.362. The molecule has 0 amide bonds. The van der Waals surface area contributed by atoms with E-state index in [9.17, 15) is 4.79 Å². The van der Waals surface area contributed by atoms with E-state index >= 15 is 0 Å². The summed E-state index contributed by atoms with van der Waals surface area (Å²) in [5, 5.41) is 7.45. The van der Waals surface area contributed by atoms with E-state index in [2.05, 4.69) is 20.6 Å². The Balaban J connectivity index is 1.90. The van der Waals surface area contributed by atoms with Crippen molar-refractivity contribution < 1.29 is 9.53 Å². The van der Waals surface area contributed by atoms with Crippen molar-refractivity contribution in [3.05, 3.63) is 65.2 Å². The molecular weight excluding hydrogens is 310 g/mol. The second-order valence-corrected chi connectivity index (χ2v) is 5.16. The number of rotatable bonds is 4. The molecule has 0 aliphatic heterocycles. The summed E-state index contributed by atoms with van der Waals surface area (Å²) in [5.41, 5.74) is 6.14. The molecular formula is C17H17N3O2S. The molecule has 2 N–H and O–H groups in total. The summed E-state index contributed by atoms with van der Waals surface area (Å²) < 4.78 is 4.65. The first kappa shape index (κ1) is 16.6. The fourth-order valence-electron chi connectivity index (χ4n) is 1.86. The van der Waals surface area contributed by atoms with Crippen molar-refractivity contribution in [3.63, 3.8) is 0 Å². The highest BCUT2D eigenvalue weighted by Crippen LogP contribution is 2.10. The molecule has 0 fully saturated rings. The SMILES string of the molecule is COC(=O)c1ccc(NC(=S)N/N=C\c2ccccc2C)cc1. The van der Waals surface area contributed by atoms with E-state index in [1.807, 2.05) is 31.2 Å². The molecule has 0 saturated heterocycles. The number of carbonyl (C=O) groups is 1. The molecule has 0 aromatic heterocycles. The van der Waals surface area contributed by atoms with Crippen LogP contribution in [0.15, 0.2) is 53.6 Å². The molecule has 118 valence electrons. The van der Waals surface area contributed by atoms with E-state index in [1.54, 1.807) is 30.5 Å². The molecule has 0 heterocycles. The maximum Gasteiger partial charge on any atom is 0.337 e. The Bertz CT molecular complexity index is 727. The Kier molecular flexibility index (Phi) is 5.82. The minimum atomic E-state index is -0.375. The number of carbonyl (C=O) groups excluding carboxylic acids is 1. The standard InChI is InChI=1S/C17H17N3O2S/c1-12-5-3-4-6-14(12)11-18-20-17(23)19-15-9-7-13(8-10-15)16(21)22-2/h3-11H,1-2H3,(H2,19,20,23)/b18-11-. The van der Waals surface area contributed by atoms with Crippen molar-refractivity contribution in [2.75, 3.05) is 12.4 Å². The summed E-state index contributed by atoms with van der Waals surface area (Å²) in [5.74, 6) is -0.375. The molecule has 2 aromatic carbocycles. The number of hydrazone groups is 1. The zero-order valence-corrected chi connectivity index (χ0v) is 13.7. The van der Waals surface area contributed by atoms with E-state index in [0.29, 0.717) is 10.7 Å². The second kappa shape index (κ2) is 8.05. The normalized spacial score (nSPS) is 10.3. The van der Waals surface area contributed by atoms with E-state index in [-0.39, 0.29) is 5.97 Å². The van der Waals surface area contributed by atoms with Gasteiger partial charge >= 0.3 is 5.97 Å². The summed E-state index contributed by atoms with van der Waals surface area (Å²) in [7, 11) is 1.35. The van der Waals surface area contributed by atoms with Crippen LogP contribution < -0.4 is 10.7 Å². The van der Waals surface area contributed by atoms with Gasteiger partial charge in [0.05, 0.1) is 18.9 Å². The first-order chi connectivity index (χ1) is 11.1. The van der Waals surface area contributed by atoms with Crippen molar-refractivity contribution in [1.29, 1.82) is 0 Å². The van der Waals surface area contributed by atoms with Crippen LogP contribution in [0.3, 0.4) is 0 Å². The number of thiocarbonyl (C=S) groups is 1. The summed E-state index contributed by atoms with van der Waals surface area (Å²) in [4.78, 5) is 11.4. The van der Waals surface area contributed by atoms with Crippen LogP contribution in [0.4, 0.5) is 5.69 Å². The third-order valence-corrected chi connectivity index (χ3v) is 3.32. The monoisotopic (exact) mass is 327 g/mol. The summed E-state index contributed by atoms with van der Waals surface area (Å²) >= 11 is 5.16. The van der Waals surface area contributed by atoms with Gasteiger partial charge in [-0.2, -0.15) is 5.10 Å². The van der Waals surface area contributed by atoms with Gasteiger partial charge in [0.1, 0.15) is 0 Å². The summed E-state index contributed by atoms with van der Waals surface area (Å²) in [6.45, 7) is 2.01. The molecule has 0 aliphatic carbocycles. The predicted octanol–water partition coefficient (Wildman–Crippen LogP) is 3.10. The number of hydrogen-bond donors (Lipinski definition) is 2. The van der Waals surface area contributed by atoms with Gasteiger partial charge in [-0.25, -0.2) is 4.79 Å². The number of nitrogens with zero attached hydrogens (tertiary/aromatic N) is 1. The van der Waals surface area contributed by atoms with Gasteiger partial charge in [-0.1, -0.05) is 24.3 Å². The van der Waals surface area contributed by atoms with Crippen molar-refractivity contribution in [2.45, 2.75) is 6.92 Å². The maximum absolute atomic E-state index is 11.4. The minimum Gasteiger partial charge on any atom is -0.465 e. The molecule has 0 radical (unpaired) electrons. The molecule has 0 saturated carbocycles. The lowest BCUT2D eigenvalue weighted by atomic mass is 10.1. The molecule has 0 bridgehead atoms. The van der Waals surface area contributed by atoms with Crippen molar-refractivity contribution in [1.82, 2.24) is 5.43 Å². The highest BCUT2D eigenvalue weighted by atomic mass is 32.1. The van der Waals surface area contributed by atoms with Gasteiger partial charge in [-0.05, 0) is 54.5 Å². The molecule has 0 spiro atoms. The van der Waals surface area contributed by atoms with Gasteiger partial charge < -0.3 is 10.1 Å². The molecule has 2 aromatic rings. The zero-order valence-electron chi connectivity index (χ0n) is 12.9. The number of anilines is 1. The predicted molar refractivity (Wildman–Crippen MR) is 95.9 cm³/mol. The maximum atomic E-state index is 11.4. The number of esters is 1. The van der Waals surface area contributed by atoms with Crippen LogP contribution in [-0.4, -0.2) is 24.4 Å².